The van der Waals surface area contributed by atoms with E-state index < -0.39 is 0 Å². The largest absolute Gasteiger partial charge is 0.497 e. The predicted octanol–water partition coefficient (Wildman–Crippen LogP) is 3.16. The molecule has 7 nitrogen and oxygen atoms in total. The number of rotatable bonds is 8. The maximum Gasteiger partial charge on any atom is 0.251 e. The van der Waals surface area contributed by atoms with Crippen molar-refractivity contribution in [2.24, 2.45) is 0 Å². The number of carbonyl (C=O) groups excluding carboxylic acids is 3. The number of nitrogens with one attached hydrogen (secondary N) is 1. The molecule has 0 saturated carbocycles. The van der Waals surface area contributed by atoms with Crippen LogP contribution in [0.5, 0.6) is 5.75 Å². The van der Waals surface area contributed by atoms with Crippen LogP contribution in [0.3, 0.4) is 0 Å². The van der Waals surface area contributed by atoms with Gasteiger partial charge in [-0.25, -0.2) is 0 Å². The Bertz CT molecular complexity index is 947. The number of carbonyl (C=O) groups is 3. The Hall–Kier alpha value is -3.06. The van der Waals surface area contributed by atoms with Crippen molar-refractivity contribution in [2.75, 3.05) is 39.8 Å². The lowest BCUT2D eigenvalue weighted by Crippen LogP contribution is -2.38. The number of methoxy groups -OCH3 is 1. The van der Waals surface area contributed by atoms with E-state index in [1.807, 2.05) is 29.2 Å². The Morgan fingerprint density at radius 3 is 2.09 bits per heavy atom. The summed E-state index contributed by atoms with van der Waals surface area (Å²) in [7, 11) is 1.63. The summed E-state index contributed by atoms with van der Waals surface area (Å²) in [5.74, 6) is 0.658. The molecule has 1 aliphatic rings. The molecule has 1 saturated heterocycles. The van der Waals surface area contributed by atoms with Gasteiger partial charge in [0, 0.05) is 56.2 Å². The minimum absolute atomic E-state index is 0.0149. The molecule has 2 aromatic rings. The lowest BCUT2D eigenvalue weighted by molar-refractivity contribution is -0.133. The van der Waals surface area contributed by atoms with Gasteiger partial charge in [-0.1, -0.05) is 23.7 Å². The molecule has 1 aliphatic heterocycles. The first-order valence-electron chi connectivity index (χ1n) is 11.2. The average Bonchev–Trinajstić information content (AvgIpc) is 3.09. The van der Waals surface area contributed by atoms with E-state index in [1.165, 1.54) is 0 Å². The summed E-state index contributed by atoms with van der Waals surface area (Å²) in [6.07, 6.45) is 2.09. The predicted molar refractivity (Wildman–Crippen MR) is 127 cm³/mol. The van der Waals surface area contributed by atoms with E-state index in [2.05, 4.69) is 5.32 Å². The Morgan fingerprint density at radius 2 is 1.48 bits per heavy atom. The van der Waals surface area contributed by atoms with Crippen LogP contribution in [0.15, 0.2) is 48.5 Å². The van der Waals surface area contributed by atoms with Gasteiger partial charge in [0.2, 0.25) is 11.8 Å². The molecular formula is C25H30ClN3O4. The Balaban J connectivity index is 1.39. The minimum atomic E-state index is -0.232. The van der Waals surface area contributed by atoms with Gasteiger partial charge in [-0.2, -0.15) is 0 Å². The quantitative estimate of drug-likeness (QED) is 0.641. The monoisotopic (exact) mass is 471 g/mol. The molecule has 0 aromatic heterocycles. The van der Waals surface area contributed by atoms with Crippen LogP contribution in [0.25, 0.3) is 0 Å². The molecule has 33 heavy (non-hydrogen) atoms. The highest BCUT2D eigenvalue weighted by Crippen LogP contribution is 2.14. The van der Waals surface area contributed by atoms with Crippen molar-refractivity contribution in [3.05, 3.63) is 64.7 Å². The second-order valence-electron chi connectivity index (χ2n) is 7.98. The number of hydrogen-bond acceptors (Lipinski definition) is 4. The highest BCUT2D eigenvalue weighted by Gasteiger charge is 2.22. The molecule has 3 amide bonds. The van der Waals surface area contributed by atoms with Gasteiger partial charge in [-0.15, -0.1) is 0 Å². The first-order chi connectivity index (χ1) is 16.0. The van der Waals surface area contributed by atoms with Crippen LogP contribution in [0.4, 0.5) is 0 Å². The van der Waals surface area contributed by atoms with E-state index >= 15 is 0 Å². The first kappa shape index (κ1) is 24.6. The molecule has 1 fully saturated rings. The molecule has 0 spiro atoms. The van der Waals surface area contributed by atoms with Crippen LogP contribution in [-0.4, -0.2) is 67.4 Å². The molecule has 2 aromatic carbocycles. The fourth-order valence-corrected chi connectivity index (χ4v) is 3.89. The number of benzene rings is 2. The van der Waals surface area contributed by atoms with Gasteiger partial charge in [-0.05, 0) is 54.8 Å². The zero-order chi connectivity index (χ0) is 23.6. The molecule has 1 N–H and O–H groups in total. The van der Waals surface area contributed by atoms with Crippen LogP contribution in [0.1, 0.15) is 35.2 Å². The van der Waals surface area contributed by atoms with Crippen molar-refractivity contribution in [2.45, 2.75) is 25.7 Å². The van der Waals surface area contributed by atoms with Gasteiger partial charge in [-0.3, -0.25) is 14.4 Å². The summed E-state index contributed by atoms with van der Waals surface area (Å²) in [5, 5.41) is 3.33. The molecule has 8 heteroatoms. The third kappa shape index (κ3) is 7.49. The fourth-order valence-electron chi connectivity index (χ4n) is 3.76. The van der Waals surface area contributed by atoms with Crippen molar-refractivity contribution in [3.63, 3.8) is 0 Å². The maximum atomic E-state index is 12.7. The Labute approximate surface area is 199 Å². The highest BCUT2D eigenvalue weighted by molar-refractivity contribution is 6.30. The lowest BCUT2D eigenvalue weighted by atomic mass is 10.1. The van der Waals surface area contributed by atoms with E-state index in [0.717, 1.165) is 17.7 Å². The molecule has 0 aliphatic carbocycles. The molecule has 1 heterocycles. The Morgan fingerprint density at radius 1 is 0.879 bits per heavy atom. The molecule has 0 bridgehead atoms. The van der Waals surface area contributed by atoms with Crippen molar-refractivity contribution >= 4 is 29.3 Å². The Kier molecular flexibility index (Phi) is 9.13. The second-order valence-corrected chi connectivity index (χ2v) is 8.41. The van der Waals surface area contributed by atoms with E-state index in [-0.39, 0.29) is 30.7 Å². The highest BCUT2D eigenvalue weighted by atomic mass is 35.5. The smallest absolute Gasteiger partial charge is 0.251 e. The minimum Gasteiger partial charge on any atom is -0.497 e. The third-order valence-corrected chi connectivity index (χ3v) is 5.97. The van der Waals surface area contributed by atoms with Gasteiger partial charge < -0.3 is 19.9 Å². The lowest BCUT2D eigenvalue weighted by Gasteiger charge is -2.22. The number of aryl methyl sites for hydroxylation is 1. The summed E-state index contributed by atoms with van der Waals surface area (Å²) < 4.78 is 5.16. The van der Waals surface area contributed by atoms with Crippen LogP contribution in [0, 0.1) is 0 Å². The van der Waals surface area contributed by atoms with Gasteiger partial charge in [0.1, 0.15) is 5.75 Å². The van der Waals surface area contributed by atoms with Crippen LogP contribution in [-0.2, 0) is 16.0 Å². The molecule has 176 valence electrons. The van der Waals surface area contributed by atoms with Crippen molar-refractivity contribution in [3.8, 4) is 5.75 Å². The SMILES string of the molecule is COc1ccc(CCC(=O)N2CCCN(C(=O)CCNC(=O)c3ccc(Cl)cc3)CC2)cc1. The van der Waals surface area contributed by atoms with Gasteiger partial charge in [0.05, 0.1) is 7.11 Å². The number of hydrogen-bond donors (Lipinski definition) is 1. The third-order valence-electron chi connectivity index (χ3n) is 5.72. The molecule has 3 rings (SSSR count). The van der Waals surface area contributed by atoms with E-state index in [9.17, 15) is 14.4 Å². The number of ether oxygens (including phenoxy) is 1. The number of nitrogens with zero attached hydrogens (tertiary/aromatic N) is 2. The summed E-state index contributed by atoms with van der Waals surface area (Å²) >= 11 is 5.84. The molecule has 0 unspecified atom stereocenters. The van der Waals surface area contributed by atoms with Crippen molar-refractivity contribution in [1.82, 2.24) is 15.1 Å². The molecule has 0 atom stereocenters. The second kappa shape index (κ2) is 12.3. The topological polar surface area (TPSA) is 79.0 Å². The first-order valence-corrected chi connectivity index (χ1v) is 11.6. The summed E-state index contributed by atoms with van der Waals surface area (Å²) in [5.41, 5.74) is 1.60. The summed E-state index contributed by atoms with van der Waals surface area (Å²) in [6, 6.07) is 14.3. The number of amides is 3. The summed E-state index contributed by atoms with van der Waals surface area (Å²) in [4.78, 5) is 41.0. The number of halogens is 1. The fraction of sp³-hybridized carbons (Fsp3) is 0.400. The van der Waals surface area contributed by atoms with Crippen LogP contribution >= 0.6 is 11.6 Å². The normalized spacial score (nSPS) is 13.9. The summed E-state index contributed by atoms with van der Waals surface area (Å²) in [6.45, 7) is 2.58. The van der Waals surface area contributed by atoms with E-state index in [0.29, 0.717) is 49.6 Å². The standard InChI is InChI=1S/C25H30ClN3O4/c1-33-22-10-3-19(4-11-22)5-12-23(30)28-15-2-16-29(18-17-28)24(31)13-14-27-25(32)20-6-8-21(26)9-7-20/h3-4,6-11H,2,5,12-18H2,1H3,(H,27,32). The zero-order valence-electron chi connectivity index (χ0n) is 18.9. The average molecular weight is 472 g/mol. The molecular weight excluding hydrogens is 442 g/mol. The van der Waals surface area contributed by atoms with E-state index in [1.54, 1.807) is 36.3 Å². The van der Waals surface area contributed by atoms with Gasteiger partial charge in [0.25, 0.3) is 5.91 Å². The van der Waals surface area contributed by atoms with Gasteiger partial charge in [0.15, 0.2) is 0 Å². The van der Waals surface area contributed by atoms with E-state index in [4.69, 9.17) is 16.3 Å². The zero-order valence-corrected chi connectivity index (χ0v) is 19.6. The maximum absolute atomic E-state index is 12.7. The van der Waals surface area contributed by atoms with Crippen LogP contribution in [0.2, 0.25) is 5.02 Å². The molecule has 0 radical (unpaired) electrons. The van der Waals surface area contributed by atoms with Crippen molar-refractivity contribution < 1.29 is 19.1 Å². The van der Waals surface area contributed by atoms with Crippen LogP contribution < -0.4 is 10.1 Å². The van der Waals surface area contributed by atoms with Gasteiger partial charge >= 0.3 is 0 Å². The van der Waals surface area contributed by atoms with Crippen molar-refractivity contribution in [1.29, 1.82) is 0 Å².